The lowest BCUT2D eigenvalue weighted by Gasteiger charge is -2.12. The van der Waals surface area contributed by atoms with Crippen molar-refractivity contribution in [3.63, 3.8) is 0 Å². The second-order valence-corrected chi connectivity index (χ2v) is 6.30. The molecule has 0 atom stereocenters. The highest BCUT2D eigenvalue weighted by molar-refractivity contribution is 6.06. The van der Waals surface area contributed by atoms with Crippen LogP contribution < -0.4 is 19.5 Å². The van der Waals surface area contributed by atoms with Crippen LogP contribution >= 0.6 is 0 Å². The van der Waals surface area contributed by atoms with Crippen LogP contribution in [0.1, 0.15) is 21.5 Å². The zero-order valence-corrected chi connectivity index (χ0v) is 14.9. The highest BCUT2D eigenvalue weighted by Crippen LogP contribution is 2.34. The molecule has 3 aromatic rings. The van der Waals surface area contributed by atoms with Crippen LogP contribution in [-0.2, 0) is 6.61 Å². The minimum atomic E-state index is -0.242. The average Bonchev–Trinajstić information content (AvgIpc) is 3.14. The van der Waals surface area contributed by atoms with Crippen molar-refractivity contribution < 1.29 is 19.0 Å². The first-order valence-electron chi connectivity index (χ1n) is 8.67. The molecule has 0 fully saturated rings. The number of anilines is 1. The van der Waals surface area contributed by atoms with Crippen molar-refractivity contribution in [2.45, 2.75) is 13.5 Å². The number of benzene rings is 3. The van der Waals surface area contributed by atoms with Gasteiger partial charge < -0.3 is 19.5 Å². The molecule has 1 aliphatic heterocycles. The Kier molecular flexibility index (Phi) is 4.66. The van der Waals surface area contributed by atoms with E-state index in [2.05, 4.69) is 11.4 Å². The number of nitrogens with one attached hydrogen (secondary N) is 1. The number of amides is 1. The molecule has 0 unspecified atom stereocenters. The number of para-hydroxylation sites is 1. The Morgan fingerprint density at radius 1 is 1.00 bits per heavy atom. The van der Waals surface area contributed by atoms with Gasteiger partial charge in [-0.2, -0.15) is 0 Å². The highest BCUT2D eigenvalue weighted by Gasteiger charge is 2.16. The fourth-order valence-electron chi connectivity index (χ4n) is 2.92. The SMILES string of the molecule is Cc1cccc(COc2ccccc2C(=O)Nc2ccc3c(c2)OCO3)c1. The van der Waals surface area contributed by atoms with Gasteiger partial charge >= 0.3 is 0 Å². The Labute approximate surface area is 157 Å². The molecule has 5 heteroatoms. The van der Waals surface area contributed by atoms with E-state index in [0.717, 1.165) is 5.56 Å². The van der Waals surface area contributed by atoms with Crippen molar-refractivity contribution in [1.29, 1.82) is 0 Å². The molecule has 136 valence electrons. The number of carbonyl (C=O) groups excluding carboxylic acids is 1. The predicted octanol–water partition coefficient (Wildman–Crippen LogP) is 4.56. The van der Waals surface area contributed by atoms with Gasteiger partial charge in [0.2, 0.25) is 6.79 Å². The molecule has 4 rings (SSSR count). The van der Waals surface area contributed by atoms with Crippen LogP contribution in [0.25, 0.3) is 0 Å². The van der Waals surface area contributed by atoms with E-state index < -0.39 is 0 Å². The lowest BCUT2D eigenvalue weighted by atomic mass is 10.1. The molecule has 27 heavy (non-hydrogen) atoms. The standard InChI is InChI=1S/C22H19NO4/c1-15-5-4-6-16(11-15)13-25-19-8-3-2-7-18(19)22(24)23-17-9-10-20-21(12-17)27-14-26-20/h2-12H,13-14H2,1H3,(H,23,24). The monoisotopic (exact) mass is 361 g/mol. The summed E-state index contributed by atoms with van der Waals surface area (Å²) in [5, 5.41) is 2.88. The van der Waals surface area contributed by atoms with Crippen molar-refractivity contribution in [3.8, 4) is 17.2 Å². The van der Waals surface area contributed by atoms with E-state index in [1.807, 2.05) is 37.3 Å². The first-order valence-corrected chi connectivity index (χ1v) is 8.67. The molecule has 0 bridgehead atoms. The lowest BCUT2D eigenvalue weighted by molar-refractivity contribution is 0.102. The number of carbonyl (C=O) groups is 1. The second kappa shape index (κ2) is 7.41. The van der Waals surface area contributed by atoms with E-state index in [1.54, 1.807) is 30.3 Å². The molecule has 0 saturated carbocycles. The molecule has 0 spiro atoms. The summed E-state index contributed by atoms with van der Waals surface area (Å²) in [7, 11) is 0. The Hall–Kier alpha value is -3.47. The fourth-order valence-corrected chi connectivity index (χ4v) is 2.92. The third-order valence-electron chi connectivity index (χ3n) is 4.24. The normalized spacial score (nSPS) is 11.9. The van der Waals surface area contributed by atoms with Gasteiger partial charge in [-0.3, -0.25) is 4.79 Å². The average molecular weight is 361 g/mol. The van der Waals surface area contributed by atoms with Crippen molar-refractivity contribution in [1.82, 2.24) is 0 Å². The van der Waals surface area contributed by atoms with Gasteiger partial charge in [-0.1, -0.05) is 42.0 Å². The Bertz CT molecular complexity index is 984. The largest absolute Gasteiger partial charge is 0.488 e. The molecule has 0 saturated heterocycles. The van der Waals surface area contributed by atoms with Crippen LogP contribution in [0.2, 0.25) is 0 Å². The van der Waals surface area contributed by atoms with E-state index in [0.29, 0.717) is 35.1 Å². The van der Waals surface area contributed by atoms with Crippen LogP contribution in [0.3, 0.4) is 0 Å². The molecular weight excluding hydrogens is 342 g/mol. The van der Waals surface area contributed by atoms with Gasteiger partial charge in [-0.05, 0) is 36.8 Å². The topological polar surface area (TPSA) is 56.8 Å². The van der Waals surface area contributed by atoms with Crippen LogP contribution in [0.5, 0.6) is 17.2 Å². The number of fused-ring (bicyclic) bond motifs is 1. The van der Waals surface area contributed by atoms with E-state index in [-0.39, 0.29) is 12.7 Å². The van der Waals surface area contributed by atoms with Crippen LogP contribution in [0.15, 0.2) is 66.7 Å². The molecule has 1 amide bonds. The van der Waals surface area contributed by atoms with E-state index in [1.165, 1.54) is 5.56 Å². The van der Waals surface area contributed by atoms with E-state index in [9.17, 15) is 4.79 Å². The van der Waals surface area contributed by atoms with Gasteiger partial charge in [0.05, 0.1) is 5.56 Å². The molecule has 0 aliphatic carbocycles. The maximum absolute atomic E-state index is 12.7. The summed E-state index contributed by atoms with van der Waals surface area (Å²) in [5.41, 5.74) is 3.34. The molecule has 1 aliphatic rings. The Morgan fingerprint density at radius 3 is 2.74 bits per heavy atom. The summed E-state index contributed by atoms with van der Waals surface area (Å²) in [6, 6.07) is 20.6. The highest BCUT2D eigenvalue weighted by atomic mass is 16.7. The number of rotatable bonds is 5. The summed E-state index contributed by atoms with van der Waals surface area (Å²) in [6.07, 6.45) is 0. The first kappa shape index (κ1) is 17.0. The van der Waals surface area contributed by atoms with Gasteiger partial charge in [0, 0.05) is 11.8 Å². The smallest absolute Gasteiger partial charge is 0.259 e. The molecule has 3 aromatic carbocycles. The number of aryl methyl sites for hydroxylation is 1. The number of hydrogen-bond donors (Lipinski definition) is 1. The Morgan fingerprint density at radius 2 is 1.85 bits per heavy atom. The van der Waals surface area contributed by atoms with Crippen molar-refractivity contribution >= 4 is 11.6 Å². The van der Waals surface area contributed by atoms with Crippen LogP contribution in [-0.4, -0.2) is 12.7 Å². The maximum Gasteiger partial charge on any atom is 0.259 e. The summed E-state index contributed by atoms with van der Waals surface area (Å²) >= 11 is 0. The summed E-state index contributed by atoms with van der Waals surface area (Å²) in [6.45, 7) is 2.63. The minimum absolute atomic E-state index is 0.197. The van der Waals surface area contributed by atoms with Gasteiger partial charge in [0.1, 0.15) is 12.4 Å². The third kappa shape index (κ3) is 3.87. The molecule has 1 heterocycles. The van der Waals surface area contributed by atoms with E-state index in [4.69, 9.17) is 14.2 Å². The molecule has 1 N–H and O–H groups in total. The zero-order chi connectivity index (χ0) is 18.6. The first-order chi connectivity index (χ1) is 13.2. The van der Waals surface area contributed by atoms with Gasteiger partial charge in [0.15, 0.2) is 11.5 Å². The van der Waals surface area contributed by atoms with Gasteiger partial charge in [-0.15, -0.1) is 0 Å². The third-order valence-corrected chi connectivity index (χ3v) is 4.24. The number of hydrogen-bond acceptors (Lipinski definition) is 4. The number of ether oxygens (including phenoxy) is 3. The molecular formula is C22H19NO4. The minimum Gasteiger partial charge on any atom is -0.488 e. The quantitative estimate of drug-likeness (QED) is 0.724. The van der Waals surface area contributed by atoms with Gasteiger partial charge in [-0.25, -0.2) is 0 Å². The molecule has 5 nitrogen and oxygen atoms in total. The maximum atomic E-state index is 12.7. The summed E-state index contributed by atoms with van der Waals surface area (Å²) < 4.78 is 16.5. The van der Waals surface area contributed by atoms with Crippen molar-refractivity contribution in [2.24, 2.45) is 0 Å². The van der Waals surface area contributed by atoms with E-state index >= 15 is 0 Å². The Balaban J connectivity index is 1.49. The summed E-state index contributed by atoms with van der Waals surface area (Å²) in [4.78, 5) is 12.7. The van der Waals surface area contributed by atoms with Crippen LogP contribution in [0, 0.1) is 6.92 Å². The molecule has 0 radical (unpaired) electrons. The zero-order valence-electron chi connectivity index (χ0n) is 14.9. The van der Waals surface area contributed by atoms with Crippen molar-refractivity contribution in [2.75, 3.05) is 12.1 Å². The molecule has 0 aromatic heterocycles. The van der Waals surface area contributed by atoms with Crippen molar-refractivity contribution in [3.05, 3.63) is 83.4 Å². The second-order valence-electron chi connectivity index (χ2n) is 6.30. The fraction of sp³-hybridized carbons (Fsp3) is 0.136. The summed E-state index contributed by atoms with van der Waals surface area (Å²) in [5.74, 6) is 1.60. The lowest BCUT2D eigenvalue weighted by Crippen LogP contribution is -2.13. The predicted molar refractivity (Wildman–Crippen MR) is 102 cm³/mol. The van der Waals surface area contributed by atoms with Gasteiger partial charge in [0.25, 0.3) is 5.91 Å². The van der Waals surface area contributed by atoms with Crippen LogP contribution in [0.4, 0.5) is 5.69 Å².